The number of hydrogen-bond donors (Lipinski definition) is 1. The first-order valence-corrected chi connectivity index (χ1v) is 10.9. The van der Waals surface area contributed by atoms with Crippen molar-refractivity contribution in [2.24, 2.45) is 4.99 Å². The highest BCUT2D eigenvalue weighted by Crippen LogP contribution is 2.42. The zero-order valence-electron chi connectivity index (χ0n) is 16.9. The molecule has 0 bridgehead atoms. The van der Waals surface area contributed by atoms with Crippen molar-refractivity contribution in [3.05, 3.63) is 35.5 Å². The summed E-state index contributed by atoms with van der Waals surface area (Å²) < 4.78 is 9.84. The van der Waals surface area contributed by atoms with Crippen LogP contribution in [0.4, 0.5) is 5.69 Å². The number of fused-ring (bicyclic) bond motifs is 3. The summed E-state index contributed by atoms with van der Waals surface area (Å²) in [5.74, 6) is -1.35. The largest absolute Gasteiger partial charge is 0.462 e. The fraction of sp³-hybridized carbons (Fsp3) is 0.476. The number of carbonyl (C=O) groups excluding carboxylic acids is 2. The summed E-state index contributed by atoms with van der Waals surface area (Å²) in [6, 6.07) is 6.57. The Hall–Kier alpha value is -2.48. The molecule has 29 heavy (non-hydrogen) atoms. The maximum Gasteiger partial charge on any atom is 0.347 e. The molecule has 0 amide bonds. The maximum atomic E-state index is 11.9. The molecule has 3 rings (SSSR count). The number of benzene rings is 1. The molecule has 0 unspecified atom stereocenters. The lowest BCUT2D eigenvalue weighted by molar-refractivity contribution is -0.146. The van der Waals surface area contributed by atoms with Crippen LogP contribution in [0.2, 0.25) is 0 Å². The predicted octanol–water partition coefficient (Wildman–Crippen LogP) is 2.89. The molecule has 0 fully saturated rings. The van der Waals surface area contributed by atoms with Crippen LogP contribution in [0, 0.1) is 0 Å². The zero-order valence-corrected chi connectivity index (χ0v) is 17.7. The Morgan fingerprint density at radius 1 is 1.24 bits per heavy atom. The quantitative estimate of drug-likeness (QED) is 0.218. The van der Waals surface area contributed by atoms with E-state index in [1.807, 2.05) is 0 Å². The first kappa shape index (κ1) is 21.2. The van der Waals surface area contributed by atoms with Crippen molar-refractivity contribution in [3.63, 3.8) is 0 Å². The summed E-state index contributed by atoms with van der Waals surface area (Å²) in [5.41, 5.74) is 2.41. The van der Waals surface area contributed by atoms with Gasteiger partial charge in [-0.3, -0.25) is 4.99 Å². The van der Waals surface area contributed by atoms with E-state index in [0.29, 0.717) is 6.54 Å². The van der Waals surface area contributed by atoms with Crippen LogP contribution in [0.15, 0.2) is 39.9 Å². The van der Waals surface area contributed by atoms with Gasteiger partial charge in [-0.15, -0.1) is 0 Å². The summed E-state index contributed by atoms with van der Waals surface area (Å²) in [6.07, 6.45) is 4.24. The highest BCUT2D eigenvalue weighted by Gasteiger charge is 2.28. The average molecular weight is 418 g/mol. The van der Waals surface area contributed by atoms with Crippen molar-refractivity contribution < 1.29 is 19.1 Å². The summed E-state index contributed by atoms with van der Waals surface area (Å²) in [6.45, 7) is 6.37. The second-order valence-electron chi connectivity index (χ2n) is 6.63. The Labute approximate surface area is 175 Å². The molecule has 1 aromatic carbocycles. The normalized spacial score (nSPS) is 14.4. The lowest BCUT2D eigenvalue weighted by Gasteiger charge is -2.22. The minimum Gasteiger partial charge on any atom is -0.462 e. The average Bonchev–Trinajstić information content (AvgIpc) is 3.09. The molecule has 0 aromatic heterocycles. The molecular weight excluding hydrogens is 390 g/mol. The van der Waals surface area contributed by atoms with Gasteiger partial charge in [-0.1, -0.05) is 6.07 Å². The van der Waals surface area contributed by atoms with E-state index < -0.39 is 11.9 Å². The number of rotatable bonds is 9. The fourth-order valence-electron chi connectivity index (χ4n) is 3.20. The van der Waals surface area contributed by atoms with Gasteiger partial charge in [0.25, 0.3) is 0 Å². The molecule has 0 saturated heterocycles. The van der Waals surface area contributed by atoms with Gasteiger partial charge in [-0.05, 0) is 62.6 Å². The first-order valence-electron chi connectivity index (χ1n) is 10.0. The van der Waals surface area contributed by atoms with Gasteiger partial charge >= 0.3 is 11.9 Å². The van der Waals surface area contributed by atoms with Crippen LogP contribution in [0.25, 0.3) is 0 Å². The molecule has 0 atom stereocenters. The van der Waals surface area contributed by atoms with E-state index >= 15 is 0 Å². The molecule has 0 saturated carbocycles. The van der Waals surface area contributed by atoms with E-state index in [-0.39, 0.29) is 18.8 Å². The van der Waals surface area contributed by atoms with Gasteiger partial charge in [0.15, 0.2) is 10.7 Å². The number of anilines is 1. The van der Waals surface area contributed by atoms with Gasteiger partial charge in [0, 0.05) is 30.7 Å². The third-order valence-electron chi connectivity index (χ3n) is 4.56. The lowest BCUT2D eigenvalue weighted by Crippen LogP contribution is -2.30. The number of ether oxygens (including phenoxy) is 2. The third-order valence-corrected chi connectivity index (χ3v) is 5.65. The summed E-state index contributed by atoms with van der Waals surface area (Å²) in [5, 5.41) is 4.15. The molecule has 1 N–H and O–H groups in total. The van der Waals surface area contributed by atoms with Gasteiger partial charge in [-0.25, -0.2) is 9.59 Å². The van der Waals surface area contributed by atoms with E-state index in [0.717, 1.165) is 37.5 Å². The molecule has 2 heterocycles. The SMILES string of the molecule is CCOC(=O)C(=CNCCCc1ccc2c(c1)N1CCCN=C1S2)C(=O)OCC. The molecule has 0 radical (unpaired) electrons. The number of thioether (sulfide) groups is 1. The molecule has 8 heteroatoms. The molecular formula is C21H27N3O4S. The van der Waals surface area contributed by atoms with Crippen molar-refractivity contribution in [1.82, 2.24) is 5.32 Å². The number of esters is 2. The Morgan fingerprint density at radius 2 is 2.00 bits per heavy atom. The third kappa shape index (κ3) is 5.32. The van der Waals surface area contributed by atoms with E-state index in [1.165, 1.54) is 22.3 Å². The second-order valence-corrected chi connectivity index (χ2v) is 7.64. The van der Waals surface area contributed by atoms with Gasteiger partial charge in [0.2, 0.25) is 0 Å². The van der Waals surface area contributed by atoms with Crippen molar-refractivity contribution in [2.75, 3.05) is 37.7 Å². The van der Waals surface area contributed by atoms with Crippen molar-refractivity contribution >= 4 is 34.6 Å². The monoisotopic (exact) mass is 417 g/mol. The molecule has 0 spiro atoms. The molecule has 156 valence electrons. The minimum absolute atomic E-state index is 0.111. The number of nitrogens with zero attached hydrogens (tertiary/aromatic N) is 2. The van der Waals surface area contributed by atoms with Gasteiger partial charge in [0.05, 0.1) is 18.9 Å². The number of aliphatic imine (C=N–C) groups is 1. The van der Waals surface area contributed by atoms with Crippen LogP contribution in [0.3, 0.4) is 0 Å². The molecule has 0 aliphatic carbocycles. The summed E-state index contributed by atoms with van der Waals surface area (Å²) >= 11 is 1.75. The van der Waals surface area contributed by atoms with Crippen LogP contribution in [0.1, 0.15) is 32.3 Å². The maximum absolute atomic E-state index is 11.9. The predicted molar refractivity (Wildman–Crippen MR) is 114 cm³/mol. The van der Waals surface area contributed by atoms with Gasteiger partial charge in [-0.2, -0.15) is 0 Å². The lowest BCUT2D eigenvalue weighted by atomic mass is 10.1. The molecule has 7 nitrogen and oxygen atoms in total. The van der Waals surface area contributed by atoms with E-state index in [2.05, 4.69) is 33.4 Å². The standard InChI is InChI=1S/C21H27N3O4S/c1-3-27-19(25)16(20(26)28-4-2)14-22-10-5-7-15-8-9-18-17(13-15)24-12-6-11-23-21(24)29-18/h8-9,13-14,22H,3-7,10-12H2,1-2H3. The fourth-order valence-corrected chi connectivity index (χ4v) is 4.26. The van der Waals surface area contributed by atoms with E-state index in [9.17, 15) is 9.59 Å². The van der Waals surface area contributed by atoms with Crippen LogP contribution >= 0.6 is 11.8 Å². The number of nitrogens with one attached hydrogen (secondary N) is 1. The molecule has 2 aliphatic rings. The Balaban J connectivity index is 1.53. The van der Waals surface area contributed by atoms with Crippen LogP contribution in [-0.4, -0.2) is 50.0 Å². The second kappa shape index (κ2) is 10.3. The van der Waals surface area contributed by atoms with E-state index in [1.54, 1.807) is 25.6 Å². The number of amidine groups is 1. The highest BCUT2D eigenvalue weighted by molar-refractivity contribution is 8.14. The highest BCUT2D eigenvalue weighted by atomic mass is 32.2. The van der Waals surface area contributed by atoms with Crippen molar-refractivity contribution in [1.29, 1.82) is 0 Å². The topological polar surface area (TPSA) is 80.2 Å². The number of hydrogen-bond acceptors (Lipinski definition) is 8. The Kier molecular flexibility index (Phi) is 7.57. The zero-order chi connectivity index (χ0) is 20.6. The first-order chi connectivity index (χ1) is 14.1. The molecule has 1 aromatic rings. The number of aryl methyl sites for hydroxylation is 1. The summed E-state index contributed by atoms with van der Waals surface area (Å²) in [4.78, 5) is 32.0. The number of carbonyl (C=O) groups is 2. The van der Waals surface area contributed by atoms with Crippen molar-refractivity contribution in [2.45, 2.75) is 38.0 Å². The Bertz CT molecular complexity index is 802. The van der Waals surface area contributed by atoms with Crippen molar-refractivity contribution in [3.8, 4) is 0 Å². The minimum atomic E-state index is -0.673. The summed E-state index contributed by atoms with van der Waals surface area (Å²) in [7, 11) is 0. The van der Waals surface area contributed by atoms with Crippen LogP contribution in [-0.2, 0) is 25.5 Å². The Morgan fingerprint density at radius 3 is 2.72 bits per heavy atom. The molecule has 2 aliphatic heterocycles. The van der Waals surface area contributed by atoms with Crippen LogP contribution < -0.4 is 10.2 Å². The van der Waals surface area contributed by atoms with E-state index in [4.69, 9.17) is 9.47 Å². The van der Waals surface area contributed by atoms with Gasteiger partial charge in [0.1, 0.15) is 0 Å². The van der Waals surface area contributed by atoms with Crippen LogP contribution in [0.5, 0.6) is 0 Å². The van der Waals surface area contributed by atoms with Gasteiger partial charge < -0.3 is 19.7 Å². The smallest absolute Gasteiger partial charge is 0.347 e.